The van der Waals surface area contributed by atoms with E-state index >= 15 is 0 Å². The normalized spacial score (nSPS) is 44.0. The fourth-order valence-electron chi connectivity index (χ4n) is 2.76. The molecule has 0 amide bonds. The van der Waals surface area contributed by atoms with Crippen LogP contribution in [0.2, 0.25) is 0 Å². The molecule has 2 heterocycles. The van der Waals surface area contributed by atoms with Crippen LogP contribution < -0.4 is 0 Å². The van der Waals surface area contributed by atoms with Crippen LogP contribution >= 0.6 is 0 Å². The van der Waals surface area contributed by atoms with Gasteiger partial charge in [-0.25, -0.2) is 0 Å². The van der Waals surface area contributed by atoms with Gasteiger partial charge in [-0.15, -0.1) is 0 Å². The standard InChI is InChI=1S/C10H19NO/c1-10(12)6-2-3-7-11-8-4-5-9(10)11/h9,12H,2-8H2,1H3. The molecule has 2 aliphatic rings. The summed E-state index contributed by atoms with van der Waals surface area (Å²) in [5.41, 5.74) is -0.410. The summed E-state index contributed by atoms with van der Waals surface area (Å²) in [7, 11) is 0. The van der Waals surface area contributed by atoms with E-state index in [1.165, 1.54) is 38.8 Å². The van der Waals surface area contributed by atoms with E-state index in [-0.39, 0.29) is 0 Å². The third-order valence-corrected chi connectivity index (χ3v) is 3.46. The van der Waals surface area contributed by atoms with Gasteiger partial charge in [-0.05, 0) is 52.1 Å². The Hall–Kier alpha value is -0.0800. The lowest BCUT2D eigenvalue weighted by Crippen LogP contribution is -2.46. The first kappa shape index (κ1) is 8.52. The topological polar surface area (TPSA) is 23.5 Å². The highest BCUT2D eigenvalue weighted by Crippen LogP contribution is 2.33. The third kappa shape index (κ3) is 1.38. The van der Waals surface area contributed by atoms with E-state index in [1.54, 1.807) is 0 Å². The first-order valence-electron chi connectivity index (χ1n) is 5.16. The van der Waals surface area contributed by atoms with E-state index < -0.39 is 5.60 Å². The summed E-state index contributed by atoms with van der Waals surface area (Å²) in [6.07, 6.45) is 5.94. The predicted molar refractivity (Wildman–Crippen MR) is 49.1 cm³/mol. The van der Waals surface area contributed by atoms with Crippen LogP contribution in [0.4, 0.5) is 0 Å². The zero-order chi connectivity index (χ0) is 8.60. The fourth-order valence-corrected chi connectivity index (χ4v) is 2.76. The average Bonchev–Trinajstić information content (AvgIpc) is 2.42. The molecular formula is C10H19NO. The van der Waals surface area contributed by atoms with E-state index in [4.69, 9.17) is 0 Å². The van der Waals surface area contributed by atoms with Crippen molar-refractivity contribution in [1.29, 1.82) is 0 Å². The first-order valence-corrected chi connectivity index (χ1v) is 5.16. The van der Waals surface area contributed by atoms with Gasteiger partial charge in [0.05, 0.1) is 5.60 Å². The lowest BCUT2D eigenvalue weighted by atomic mass is 9.90. The second-order valence-electron chi connectivity index (χ2n) is 4.51. The van der Waals surface area contributed by atoms with E-state index in [9.17, 15) is 5.11 Å². The molecule has 0 saturated carbocycles. The number of nitrogens with zero attached hydrogens (tertiary/aromatic N) is 1. The van der Waals surface area contributed by atoms with Gasteiger partial charge in [0.2, 0.25) is 0 Å². The monoisotopic (exact) mass is 169 g/mol. The van der Waals surface area contributed by atoms with Crippen LogP contribution in [-0.2, 0) is 0 Å². The molecule has 2 aliphatic heterocycles. The smallest absolute Gasteiger partial charge is 0.0774 e. The van der Waals surface area contributed by atoms with Gasteiger partial charge >= 0.3 is 0 Å². The largest absolute Gasteiger partial charge is 0.389 e. The predicted octanol–water partition coefficient (Wildman–Crippen LogP) is 1.39. The van der Waals surface area contributed by atoms with Gasteiger partial charge in [-0.2, -0.15) is 0 Å². The summed E-state index contributed by atoms with van der Waals surface area (Å²) in [6.45, 7) is 4.43. The summed E-state index contributed by atoms with van der Waals surface area (Å²) < 4.78 is 0. The zero-order valence-corrected chi connectivity index (χ0v) is 7.92. The van der Waals surface area contributed by atoms with Crippen LogP contribution in [0.3, 0.4) is 0 Å². The Morgan fingerprint density at radius 1 is 1.25 bits per heavy atom. The highest BCUT2D eigenvalue weighted by molar-refractivity contribution is 4.95. The van der Waals surface area contributed by atoms with Gasteiger partial charge in [0, 0.05) is 6.04 Å². The van der Waals surface area contributed by atoms with Gasteiger partial charge in [0.1, 0.15) is 0 Å². The molecule has 2 unspecified atom stereocenters. The van der Waals surface area contributed by atoms with Crippen molar-refractivity contribution in [2.24, 2.45) is 0 Å². The minimum atomic E-state index is -0.410. The molecule has 2 rings (SSSR count). The van der Waals surface area contributed by atoms with E-state index in [0.29, 0.717) is 6.04 Å². The Morgan fingerprint density at radius 3 is 2.83 bits per heavy atom. The number of hydrogen-bond acceptors (Lipinski definition) is 2. The first-order chi connectivity index (χ1) is 5.70. The van der Waals surface area contributed by atoms with Crippen LogP contribution in [0, 0.1) is 0 Å². The summed E-state index contributed by atoms with van der Waals surface area (Å²) >= 11 is 0. The van der Waals surface area contributed by atoms with Crippen molar-refractivity contribution in [3.8, 4) is 0 Å². The van der Waals surface area contributed by atoms with Crippen molar-refractivity contribution in [2.45, 2.75) is 50.7 Å². The molecule has 2 nitrogen and oxygen atoms in total. The molecule has 12 heavy (non-hydrogen) atoms. The molecule has 0 aliphatic carbocycles. The quantitative estimate of drug-likeness (QED) is 0.592. The lowest BCUT2D eigenvalue weighted by molar-refractivity contribution is -0.0136. The molecule has 2 atom stereocenters. The van der Waals surface area contributed by atoms with Crippen molar-refractivity contribution >= 4 is 0 Å². The molecule has 70 valence electrons. The highest BCUT2D eigenvalue weighted by atomic mass is 16.3. The number of hydrogen-bond donors (Lipinski definition) is 1. The maximum absolute atomic E-state index is 10.2. The van der Waals surface area contributed by atoms with Crippen molar-refractivity contribution in [1.82, 2.24) is 4.90 Å². The van der Waals surface area contributed by atoms with E-state index in [1.807, 2.05) is 6.92 Å². The van der Waals surface area contributed by atoms with Crippen LogP contribution in [0.25, 0.3) is 0 Å². The third-order valence-electron chi connectivity index (χ3n) is 3.46. The van der Waals surface area contributed by atoms with Crippen molar-refractivity contribution in [2.75, 3.05) is 13.1 Å². The molecule has 2 heteroatoms. The highest BCUT2D eigenvalue weighted by Gasteiger charge is 2.39. The van der Waals surface area contributed by atoms with Gasteiger partial charge in [0.25, 0.3) is 0 Å². The van der Waals surface area contributed by atoms with Crippen molar-refractivity contribution in [3.63, 3.8) is 0 Å². The summed E-state index contributed by atoms with van der Waals surface area (Å²) in [4.78, 5) is 2.48. The molecular weight excluding hydrogens is 150 g/mol. The van der Waals surface area contributed by atoms with Crippen LogP contribution in [0.1, 0.15) is 39.0 Å². The van der Waals surface area contributed by atoms with Gasteiger partial charge in [-0.3, -0.25) is 4.90 Å². The maximum atomic E-state index is 10.2. The molecule has 0 radical (unpaired) electrons. The number of fused-ring (bicyclic) bond motifs is 1. The van der Waals surface area contributed by atoms with E-state index in [0.717, 1.165) is 6.42 Å². The summed E-state index contributed by atoms with van der Waals surface area (Å²) in [5, 5.41) is 10.2. The Bertz CT molecular complexity index is 167. The summed E-state index contributed by atoms with van der Waals surface area (Å²) in [6, 6.07) is 0.458. The minimum Gasteiger partial charge on any atom is -0.389 e. The molecule has 1 N–H and O–H groups in total. The average molecular weight is 169 g/mol. The second kappa shape index (κ2) is 3.00. The van der Waals surface area contributed by atoms with Crippen molar-refractivity contribution in [3.05, 3.63) is 0 Å². The Kier molecular flexibility index (Phi) is 2.13. The number of aliphatic hydroxyl groups is 1. The molecule has 2 fully saturated rings. The second-order valence-corrected chi connectivity index (χ2v) is 4.51. The fraction of sp³-hybridized carbons (Fsp3) is 1.00. The molecule has 0 spiro atoms. The van der Waals surface area contributed by atoms with Gasteiger partial charge in [-0.1, -0.05) is 0 Å². The lowest BCUT2D eigenvalue weighted by Gasteiger charge is -2.33. The summed E-state index contributed by atoms with van der Waals surface area (Å²) in [5.74, 6) is 0. The molecule has 0 bridgehead atoms. The van der Waals surface area contributed by atoms with Gasteiger partial charge < -0.3 is 5.11 Å². The Labute approximate surface area is 74.6 Å². The molecule has 0 aromatic rings. The van der Waals surface area contributed by atoms with Crippen LogP contribution in [-0.4, -0.2) is 34.7 Å². The van der Waals surface area contributed by atoms with Crippen molar-refractivity contribution < 1.29 is 5.11 Å². The van der Waals surface area contributed by atoms with Gasteiger partial charge in [0.15, 0.2) is 0 Å². The SMILES string of the molecule is CC1(O)CCCCN2CCCC21. The minimum absolute atomic E-state index is 0.410. The maximum Gasteiger partial charge on any atom is 0.0774 e. The van der Waals surface area contributed by atoms with E-state index in [2.05, 4.69) is 4.90 Å². The van der Waals surface area contributed by atoms with Crippen LogP contribution in [0.15, 0.2) is 0 Å². The molecule has 0 aromatic heterocycles. The zero-order valence-electron chi connectivity index (χ0n) is 7.92. The number of rotatable bonds is 0. The molecule has 2 saturated heterocycles. The molecule has 0 aromatic carbocycles. The Morgan fingerprint density at radius 2 is 2.00 bits per heavy atom. The Balaban J connectivity index is 2.13. The van der Waals surface area contributed by atoms with Crippen LogP contribution in [0.5, 0.6) is 0 Å².